The molecule has 0 radical (unpaired) electrons. The van der Waals surface area contributed by atoms with E-state index in [2.05, 4.69) is 33.0 Å². The van der Waals surface area contributed by atoms with Crippen LogP contribution < -0.4 is 10.1 Å². The summed E-state index contributed by atoms with van der Waals surface area (Å²) in [5.41, 5.74) is 0.250. The third kappa shape index (κ3) is 6.17. The molecule has 0 saturated heterocycles. The standard InChI is InChI=1S/C17H27NO3/c1-12(2)16(13(3)4)11-18-8-9-21-15-7-5-6-14(10-15)17(19)20/h5-7,10,12-13,16,18H,8-9,11H2,1-4H3,(H,19,20). The number of hydrogen-bond donors (Lipinski definition) is 2. The monoisotopic (exact) mass is 293 g/mol. The minimum Gasteiger partial charge on any atom is -0.492 e. The Morgan fingerprint density at radius 2 is 1.90 bits per heavy atom. The van der Waals surface area contributed by atoms with E-state index in [0.717, 1.165) is 13.1 Å². The SMILES string of the molecule is CC(C)C(CNCCOc1cccc(C(=O)O)c1)C(C)C. The van der Waals surface area contributed by atoms with Crippen LogP contribution in [0, 0.1) is 17.8 Å². The van der Waals surface area contributed by atoms with Gasteiger partial charge in [-0.15, -0.1) is 0 Å². The molecule has 4 heteroatoms. The molecule has 0 amide bonds. The highest BCUT2D eigenvalue weighted by Crippen LogP contribution is 2.19. The largest absolute Gasteiger partial charge is 0.492 e. The molecule has 0 unspecified atom stereocenters. The van der Waals surface area contributed by atoms with Crippen molar-refractivity contribution >= 4 is 5.97 Å². The first-order valence-corrected chi connectivity index (χ1v) is 7.58. The van der Waals surface area contributed by atoms with Crippen LogP contribution in [-0.4, -0.2) is 30.8 Å². The Morgan fingerprint density at radius 1 is 1.24 bits per heavy atom. The number of carbonyl (C=O) groups is 1. The molecule has 0 spiro atoms. The molecule has 0 saturated carbocycles. The average molecular weight is 293 g/mol. The number of ether oxygens (including phenoxy) is 1. The predicted molar refractivity (Wildman–Crippen MR) is 84.9 cm³/mol. The van der Waals surface area contributed by atoms with E-state index in [1.807, 2.05) is 0 Å². The Hall–Kier alpha value is -1.55. The van der Waals surface area contributed by atoms with Gasteiger partial charge in [0, 0.05) is 6.54 Å². The maximum Gasteiger partial charge on any atom is 0.335 e. The van der Waals surface area contributed by atoms with Gasteiger partial charge in [-0.05, 0) is 42.5 Å². The molecular formula is C17H27NO3. The van der Waals surface area contributed by atoms with Crippen LogP contribution in [0.1, 0.15) is 38.1 Å². The summed E-state index contributed by atoms with van der Waals surface area (Å²) in [7, 11) is 0. The van der Waals surface area contributed by atoms with Gasteiger partial charge in [0.1, 0.15) is 12.4 Å². The molecule has 0 aliphatic carbocycles. The van der Waals surface area contributed by atoms with Crippen LogP contribution in [-0.2, 0) is 0 Å². The van der Waals surface area contributed by atoms with Gasteiger partial charge in [-0.2, -0.15) is 0 Å². The lowest BCUT2D eigenvalue weighted by Gasteiger charge is -2.25. The highest BCUT2D eigenvalue weighted by Gasteiger charge is 2.16. The highest BCUT2D eigenvalue weighted by atomic mass is 16.5. The first-order valence-electron chi connectivity index (χ1n) is 7.58. The first kappa shape index (κ1) is 17.5. The van der Waals surface area contributed by atoms with Crippen LogP contribution in [0.15, 0.2) is 24.3 Å². The minimum atomic E-state index is -0.935. The Bertz CT molecular complexity index is 435. The summed E-state index contributed by atoms with van der Waals surface area (Å²) in [5, 5.41) is 12.3. The molecule has 118 valence electrons. The van der Waals surface area contributed by atoms with Crippen LogP contribution in [0.25, 0.3) is 0 Å². The van der Waals surface area contributed by atoms with E-state index in [1.54, 1.807) is 24.3 Å². The molecule has 0 bridgehead atoms. The van der Waals surface area contributed by atoms with Crippen molar-refractivity contribution in [2.24, 2.45) is 17.8 Å². The fraction of sp³-hybridized carbons (Fsp3) is 0.588. The van der Waals surface area contributed by atoms with E-state index < -0.39 is 5.97 Å². The summed E-state index contributed by atoms with van der Waals surface area (Å²) < 4.78 is 5.57. The minimum absolute atomic E-state index is 0.250. The van der Waals surface area contributed by atoms with Crippen molar-refractivity contribution in [2.45, 2.75) is 27.7 Å². The smallest absolute Gasteiger partial charge is 0.335 e. The molecule has 0 atom stereocenters. The number of carboxylic acids is 1. The zero-order valence-electron chi connectivity index (χ0n) is 13.4. The number of nitrogens with one attached hydrogen (secondary N) is 1. The van der Waals surface area contributed by atoms with Gasteiger partial charge in [0.25, 0.3) is 0 Å². The summed E-state index contributed by atoms with van der Waals surface area (Å²) in [6, 6.07) is 6.58. The number of hydrogen-bond acceptors (Lipinski definition) is 3. The summed E-state index contributed by atoms with van der Waals surface area (Å²) >= 11 is 0. The molecule has 0 aliphatic rings. The van der Waals surface area contributed by atoms with Crippen LogP contribution in [0.3, 0.4) is 0 Å². The Morgan fingerprint density at radius 3 is 2.48 bits per heavy atom. The Labute approximate surface area is 127 Å². The quantitative estimate of drug-likeness (QED) is 0.686. The number of aromatic carboxylic acids is 1. The van der Waals surface area contributed by atoms with Gasteiger partial charge in [-0.25, -0.2) is 4.79 Å². The van der Waals surface area contributed by atoms with Crippen LogP contribution in [0.4, 0.5) is 0 Å². The molecule has 0 fully saturated rings. The van der Waals surface area contributed by atoms with Crippen LogP contribution in [0.2, 0.25) is 0 Å². The van der Waals surface area contributed by atoms with E-state index in [4.69, 9.17) is 9.84 Å². The second-order valence-electron chi connectivity index (χ2n) is 6.04. The second-order valence-corrected chi connectivity index (χ2v) is 6.04. The lowest BCUT2D eigenvalue weighted by Crippen LogP contribution is -2.32. The van der Waals surface area contributed by atoms with Gasteiger partial charge in [0.2, 0.25) is 0 Å². The predicted octanol–water partition coefficient (Wildman–Crippen LogP) is 3.28. The summed E-state index contributed by atoms with van der Waals surface area (Å²) in [5.74, 6) is 1.63. The number of rotatable bonds is 9. The van der Waals surface area contributed by atoms with Crippen molar-refractivity contribution in [2.75, 3.05) is 19.7 Å². The van der Waals surface area contributed by atoms with Gasteiger partial charge < -0.3 is 15.2 Å². The summed E-state index contributed by atoms with van der Waals surface area (Å²) in [4.78, 5) is 10.9. The first-order chi connectivity index (χ1) is 9.91. The third-order valence-corrected chi connectivity index (χ3v) is 3.72. The van der Waals surface area contributed by atoms with Crippen molar-refractivity contribution in [1.82, 2.24) is 5.32 Å². The molecule has 1 rings (SSSR count). The van der Waals surface area contributed by atoms with Gasteiger partial charge in [-0.3, -0.25) is 0 Å². The molecule has 1 aromatic carbocycles. The van der Waals surface area contributed by atoms with Crippen LogP contribution >= 0.6 is 0 Å². The van der Waals surface area contributed by atoms with Crippen molar-refractivity contribution in [3.8, 4) is 5.75 Å². The molecule has 0 aromatic heterocycles. The Balaban J connectivity index is 2.31. The fourth-order valence-corrected chi connectivity index (χ4v) is 2.47. The number of carboxylic acid groups (broad SMARTS) is 1. The highest BCUT2D eigenvalue weighted by molar-refractivity contribution is 5.87. The van der Waals surface area contributed by atoms with Gasteiger partial charge >= 0.3 is 5.97 Å². The van der Waals surface area contributed by atoms with Gasteiger partial charge in [0.05, 0.1) is 5.56 Å². The summed E-state index contributed by atoms with van der Waals surface area (Å²) in [6.07, 6.45) is 0. The second kappa shape index (κ2) is 8.67. The fourth-order valence-electron chi connectivity index (χ4n) is 2.47. The lowest BCUT2D eigenvalue weighted by atomic mass is 9.85. The molecule has 4 nitrogen and oxygen atoms in total. The number of benzene rings is 1. The van der Waals surface area contributed by atoms with Gasteiger partial charge in [-0.1, -0.05) is 33.8 Å². The van der Waals surface area contributed by atoms with Gasteiger partial charge in [0.15, 0.2) is 0 Å². The molecular weight excluding hydrogens is 266 g/mol. The maximum atomic E-state index is 10.9. The molecule has 2 N–H and O–H groups in total. The van der Waals surface area contributed by atoms with E-state index in [9.17, 15) is 4.79 Å². The Kier molecular flexibility index (Phi) is 7.23. The van der Waals surface area contributed by atoms with Crippen LogP contribution in [0.5, 0.6) is 5.75 Å². The van der Waals surface area contributed by atoms with E-state index in [1.165, 1.54) is 0 Å². The van der Waals surface area contributed by atoms with Crippen molar-refractivity contribution in [3.05, 3.63) is 29.8 Å². The summed E-state index contributed by atoms with van der Waals surface area (Å²) in [6.45, 7) is 11.3. The molecule has 0 aliphatic heterocycles. The zero-order valence-corrected chi connectivity index (χ0v) is 13.4. The average Bonchev–Trinajstić information content (AvgIpc) is 2.42. The van der Waals surface area contributed by atoms with Crippen molar-refractivity contribution in [1.29, 1.82) is 0 Å². The van der Waals surface area contributed by atoms with E-state index in [-0.39, 0.29) is 5.56 Å². The van der Waals surface area contributed by atoms with E-state index in [0.29, 0.717) is 30.1 Å². The molecule has 0 heterocycles. The van der Waals surface area contributed by atoms with Crippen molar-refractivity contribution < 1.29 is 14.6 Å². The molecule has 21 heavy (non-hydrogen) atoms. The van der Waals surface area contributed by atoms with E-state index >= 15 is 0 Å². The lowest BCUT2D eigenvalue weighted by molar-refractivity contribution is 0.0696. The maximum absolute atomic E-state index is 10.9. The third-order valence-electron chi connectivity index (χ3n) is 3.72. The topological polar surface area (TPSA) is 58.6 Å². The zero-order chi connectivity index (χ0) is 15.8. The van der Waals surface area contributed by atoms with Crippen molar-refractivity contribution in [3.63, 3.8) is 0 Å². The molecule has 1 aromatic rings. The normalized spacial score (nSPS) is 11.4.